The molecule has 0 saturated carbocycles. The topological polar surface area (TPSA) is 0 Å². The zero-order valence-electron chi connectivity index (χ0n) is 30.4. The van der Waals surface area contributed by atoms with Crippen LogP contribution in [0, 0.1) is 70.0 Å². The second-order valence-electron chi connectivity index (χ2n) is 15.5. The maximum atomic E-state index is 3.96. The molecule has 5 rings (SSSR count). The molecule has 0 bridgehead atoms. The van der Waals surface area contributed by atoms with Crippen LogP contribution in [0.5, 0.6) is 0 Å². The minimum absolute atomic E-state index is 0.101. The van der Waals surface area contributed by atoms with Crippen molar-refractivity contribution in [1.29, 1.82) is 0 Å². The van der Waals surface area contributed by atoms with E-state index in [0.29, 0.717) is 35.5 Å². The van der Waals surface area contributed by atoms with Gasteiger partial charge in [0.15, 0.2) is 0 Å². The van der Waals surface area contributed by atoms with Gasteiger partial charge in [0.25, 0.3) is 0 Å². The minimum atomic E-state index is -0.101. The van der Waals surface area contributed by atoms with E-state index in [0.717, 1.165) is 11.1 Å². The Morgan fingerprint density at radius 1 is 0.370 bits per heavy atom. The van der Waals surface area contributed by atoms with E-state index < -0.39 is 0 Å². The lowest BCUT2D eigenvalue weighted by Gasteiger charge is -2.40. The van der Waals surface area contributed by atoms with Crippen molar-refractivity contribution in [2.45, 2.75) is 83.1 Å². The van der Waals surface area contributed by atoms with Crippen LogP contribution >= 0.6 is 0 Å². The predicted molar refractivity (Wildman–Crippen MR) is 204 cm³/mol. The van der Waals surface area contributed by atoms with Crippen molar-refractivity contribution < 1.29 is 0 Å². The van der Waals surface area contributed by atoms with Gasteiger partial charge in [0, 0.05) is 22.0 Å². The number of hydrogen-bond donors (Lipinski definition) is 0. The molecule has 0 atom stereocenters. The Bertz CT molecular complexity index is 1730. The summed E-state index contributed by atoms with van der Waals surface area (Å²) in [5, 5.41) is 9.75. The molecule has 0 heterocycles. The molecule has 0 aliphatic rings. The Morgan fingerprint density at radius 2 is 0.587 bits per heavy atom. The number of rotatable bonds is 6. The van der Waals surface area contributed by atoms with Gasteiger partial charge in [-0.25, -0.2) is 0 Å². The van der Waals surface area contributed by atoms with Gasteiger partial charge in [-0.05, 0) is 103 Å². The highest BCUT2D eigenvalue weighted by Gasteiger charge is 2.39. The Labute approximate surface area is 279 Å². The van der Waals surface area contributed by atoms with Crippen LogP contribution in [0.3, 0.4) is 0 Å². The quantitative estimate of drug-likeness (QED) is 0.133. The molecular weight excluding hydrogens is 553 g/mol. The van der Waals surface area contributed by atoms with E-state index >= 15 is 0 Å². The van der Waals surface area contributed by atoms with Crippen molar-refractivity contribution in [2.75, 3.05) is 0 Å². The zero-order valence-corrected chi connectivity index (χ0v) is 30.4. The highest BCUT2D eigenvalue weighted by Crippen LogP contribution is 2.45. The molecular formula is C46H54. The summed E-state index contributed by atoms with van der Waals surface area (Å²) >= 11 is 0. The third-order valence-electron chi connectivity index (χ3n) is 11.4. The van der Waals surface area contributed by atoms with Crippen molar-refractivity contribution in [3.05, 3.63) is 83.9 Å². The van der Waals surface area contributed by atoms with Gasteiger partial charge in [0.2, 0.25) is 0 Å². The van der Waals surface area contributed by atoms with Crippen LogP contribution in [0.4, 0.5) is 0 Å². The highest BCUT2D eigenvalue weighted by molar-refractivity contribution is 6.16. The Kier molecular flexibility index (Phi) is 9.36. The summed E-state index contributed by atoms with van der Waals surface area (Å²) in [5.41, 5.74) is 2.05. The van der Waals surface area contributed by atoms with E-state index in [1.165, 1.54) is 43.1 Å². The summed E-state index contributed by atoms with van der Waals surface area (Å²) in [6.45, 7) is 28.1. The molecule has 0 unspecified atom stereocenters. The van der Waals surface area contributed by atoms with E-state index in [9.17, 15) is 0 Å². The van der Waals surface area contributed by atoms with E-state index in [1.807, 2.05) is 0 Å². The SMILES string of the molecule is CC(C)C(C#Cc1c2cc3ccccc3cc2c(C#CC(C(C)C)(C(C)C)C(C)C)c2cc3ccccc3cc12)(C(C)C)C(C)C. The van der Waals surface area contributed by atoms with Crippen molar-refractivity contribution in [1.82, 2.24) is 0 Å². The fraction of sp³-hybridized carbons (Fsp3) is 0.435. The molecule has 5 aromatic carbocycles. The minimum Gasteiger partial charge on any atom is -0.0902 e. The molecule has 0 heteroatoms. The fourth-order valence-corrected chi connectivity index (χ4v) is 9.07. The summed E-state index contributed by atoms with van der Waals surface area (Å²) in [6, 6.07) is 26.9. The number of fused-ring (bicyclic) bond motifs is 4. The Morgan fingerprint density at radius 3 is 0.783 bits per heavy atom. The van der Waals surface area contributed by atoms with Crippen LogP contribution < -0.4 is 0 Å². The monoisotopic (exact) mass is 606 g/mol. The van der Waals surface area contributed by atoms with Crippen LogP contribution in [0.15, 0.2) is 72.8 Å². The fourth-order valence-electron chi connectivity index (χ4n) is 9.07. The molecule has 0 fully saturated rings. The van der Waals surface area contributed by atoms with E-state index in [1.54, 1.807) is 0 Å². The van der Waals surface area contributed by atoms with E-state index in [4.69, 9.17) is 0 Å². The molecule has 0 N–H and O–H groups in total. The average Bonchev–Trinajstić information content (AvgIpc) is 2.99. The smallest absolute Gasteiger partial charge is 0.0403 e. The van der Waals surface area contributed by atoms with Gasteiger partial charge in [0.1, 0.15) is 0 Å². The second kappa shape index (κ2) is 12.8. The van der Waals surface area contributed by atoms with Gasteiger partial charge in [-0.3, -0.25) is 0 Å². The molecule has 5 aromatic rings. The molecule has 0 amide bonds. The van der Waals surface area contributed by atoms with Gasteiger partial charge in [-0.2, -0.15) is 0 Å². The van der Waals surface area contributed by atoms with Gasteiger partial charge >= 0.3 is 0 Å². The van der Waals surface area contributed by atoms with Crippen LogP contribution in [-0.4, -0.2) is 0 Å². The standard InChI is InChI=1S/C46H54/c1-29(2)45(30(3)4,31(5)6)23-21-39-41-25-35-17-13-15-19-37(35)27-43(41)40(22-24-46(32(7)8,33(9)10)34(11)12)44-28-38-20-16-14-18-36(38)26-42(39)44/h13-20,25-34H,1-12H3. The molecule has 238 valence electrons. The van der Waals surface area contributed by atoms with Gasteiger partial charge < -0.3 is 0 Å². The van der Waals surface area contributed by atoms with Crippen LogP contribution in [0.25, 0.3) is 43.1 Å². The second-order valence-corrected chi connectivity index (χ2v) is 15.5. The summed E-state index contributed by atoms with van der Waals surface area (Å²) in [7, 11) is 0. The first-order valence-electron chi connectivity index (χ1n) is 17.6. The summed E-state index contributed by atoms with van der Waals surface area (Å²) < 4.78 is 0. The van der Waals surface area contributed by atoms with E-state index in [-0.39, 0.29) is 10.8 Å². The largest absolute Gasteiger partial charge is 0.0902 e. The first kappa shape index (κ1) is 33.6. The van der Waals surface area contributed by atoms with Crippen molar-refractivity contribution in [2.24, 2.45) is 46.3 Å². The number of benzene rings is 5. The molecule has 0 nitrogen and oxygen atoms in total. The third-order valence-corrected chi connectivity index (χ3v) is 11.4. The first-order valence-corrected chi connectivity index (χ1v) is 17.6. The molecule has 0 saturated heterocycles. The van der Waals surface area contributed by atoms with E-state index in [2.05, 4.69) is 180 Å². The van der Waals surface area contributed by atoms with Crippen LogP contribution in [-0.2, 0) is 0 Å². The molecule has 0 spiro atoms. The Hall–Kier alpha value is -3.74. The van der Waals surface area contributed by atoms with Crippen LogP contribution in [0.2, 0.25) is 0 Å². The third kappa shape index (κ3) is 5.50. The highest BCUT2D eigenvalue weighted by atomic mass is 14.4. The zero-order chi connectivity index (χ0) is 33.6. The lowest BCUT2D eigenvalue weighted by atomic mass is 9.62. The molecule has 46 heavy (non-hydrogen) atoms. The maximum absolute atomic E-state index is 3.96. The van der Waals surface area contributed by atoms with Crippen molar-refractivity contribution in [3.8, 4) is 23.7 Å². The molecule has 0 aliphatic carbocycles. The normalized spacial score (nSPS) is 12.7. The van der Waals surface area contributed by atoms with Gasteiger partial charge in [0.05, 0.1) is 0 Å². The molecule has 0 aliphatic heterocycles. The summed E-state index contributed by atoms with van der Waals surface area (Å²) in [4.78, 5) is 0. The van der Waals surface area contributed by atoms with Crippen LogP contribution in [0.1, 0.15) is 94.2 Å². The Balaban J connectivity index is 2.02. The predicted octanol–water partition coefficient (Wildman–Crippen LogP) is 12.9. The van der Waals surface area contributed by atoms with Gasteiger partial charge in [-0.15, -0.1) is 0 Å². The lowest BCUT2D eigenvalue weighted by Crippen LogP contribution is -2.37. The molecule has 0 radical (unpaired) electrons. The van der Waals surface area contributed by atoms with Gasteiger partial charge in [-0.1, -0.05) is 155 Å². The number of hydrogen-bond acceptors (Lipinski definition) is 0. The van der Waals surface area contributed by atoms with Crippen molar-refractivity contribution >= 4 is 43.1 Å². The molecule has 0 aromatic heterocycles. The maximum Gasteiger partial charge on any atom is 0.0403 e. The van der Waals surface area contributed by atoms with Crippen molar-refractivity contribution in [3.63, 3.8) is 0 Å². The lowest BCUT2D eigenvalue weighted by molar-refractivity contribution is 0.123. The first-order chi connectivity index (χ1) is 21.7. The average molecular weight is 607 g/mol. The summed E-state index contributed by atoms with van der Waals surface area (Å²) in [6.07, 6.45) is 0. The summed E-state index contributed by atoms with van der Waals surface area (Å²) in [5.74, 6) is 18.3.